The fourth-order valence-corrected chi connectivity index (χ4v) is 4.26. The molecule has 2 aliphatic rings. The number of halogens is 2. The minimum absolute atomic E-state index is 0.0374. The third kappa shape index (κ3) is 7.70. The molecule has 1 aromatic heterocycles. The molecular weight excluding hydrogens is 512 g/mol. The number of benzene rings is 1. The normalized spacial score (nSPS) is 16.5. The number of hydrogen-bond donors (Lipinski definition) is 0. The Balaban J connectivity index is 1.27. The lowest BCUT2D eigenvalue weighted by Gasteiger charge is -2.32. The Hall–Kier alpha value is -3.63. The number of amides is 1. The molecule has 210 valence electrons. The van der Waals surface area contributed by atoms with Crippen LogP contribution >= 0.6 is 0 Å². The van der Waals surface area contributed by atoms with Crippen molar-refractivity contribution in [2.75, 3.05) is 26.3 Å². The Morgan fingerprint density at radius 1 is 1.03 bits per heavy atom. The molecule has 1 aliphatic heterocycles. The zero-order valence-corrected chi connectivity index (χ0v) is 22.2. The van der Waals surface area contributed by atoms with Crippen LogP contribution < -0.4 is 4.74 Å². The zero-order valence-electron chi connectivity index (χ0n) is 22.2. The van der Waals surface area contributed by atoms with Gasteiger partial charge in [0.25, 0.3) is 0 Å². The number of rotatable bonds is 11. The van der Waals surface area contributed by atoms with Gasteiger partial charge in [-0.3, -0.25) is 9.59 Å². The van der Waals surface area contributed by atoms with Gasteiger partial charge in [-0.15, -0.1) is 0 Å². The highest BCUT2D eigenvalue weighted by molar-refractivity contribution is 5.92. The Morgan fingerprint density at radius 3 is 2.26 bits per heavy atom. The topological polar surface area (TPSA) is 108 Å². The lowest BCUT2D eigenvalue weighted by molar-refractivity contribution is -0.143. The molecule has 0 bridgehead atoms. The maximum Gasteiger partial charge on any atom is 0.410 e. The molecule has 2 fully saturated rings. The quantitative estimate of drug-likeness (QED) is 0.283. The van der Waals surface area contributed by atoms with E-state index in [-0.39, 0.29) is 66.8 Å². The van der Waals surface area contributed by atoms with E-state index in [1.54, 1.807) is 11.8 Å². The van der Waals surface area contributed by atoms with Crippen molar-refractivity contribution in [1.82, 2.24) is 14.9 Å². The molecule has 1 aromatic carbocycles. The number of carbonyl (C=O) groups excluding carboxylic acids is 3. The first-order valence-electron chi connectivity index (χ1n) is 13.3. The third-order valence-corrected chi connectivity index (χ3v) is 6.95. The predicted molar refractivity (Wildman–Crippen MR) is 136 cm³/mol. The molecule has 1 saturated carbocycles. The van der Waals surface area contributed by atoms with Crippen LogP contribution in [0.1, 0.15) is 69.4 Å². The van der Waals surface area contributed by atoms with Crippen LogP contribution in [-0.4, -0.2) is 64.6 Å². The molecule has 0 N–H and O–H groups in total. The first-order valence-corrected chi connectivity index (χ1v) is 13.3. The van der Waals surface area contributed by atoms with Crippen molar-refractivity contribution in [3.63, 3.8) is 0 Å². The second-order valence-corrected chi connectivity index (χ2v) is 10.2. The SMILES string of the molecule is CCOC(=O)CCCC(=O)c1ncc(-c2cc(F)c(OCC3CCN(C(=O)OC4(C)CC4)CC3)c(F)c2)cn1. The molecule has 1 saturated heterocycles. The Bertz CT molecular complexity index is 1170. The van der Waals surface area contributed by atoms with Gasteiger partial charge in [0.1, 0.15) is 5.60 Å². The number of hydrogen-bond acceptors (Lipinski definition) is 8. The Labute approximate surface area is 225 Å². The fraction of sp³-hybridized carbons (Fsp3) is 0.536. The first-order chi connectivity index (χ1) is 18.7. The summed E-state index contributed by atoms with van der Waals surface area (Å²) in [5, 5.41) is 0. The fourth-order valence-electron chi connectivity index (χ4n) is 4.26. The number of piperidine rings is 1. The van der Waals surface area contributed by atoms with Crippen LogP contribution in [0.5, 0.6) is 5.75 Å². The van der Waals surface area contributed by atoms with Gasteiger partial charge in [-0.2, -0.15) is 0 Å². The molecular formula is C28H33F2N3O6. The summed E-state index contributed by atoms with van der Waals surface area (Å²) in [6, 6.07) is 2.27. The molecule has 9 nitrogen and oxygen atoms in total. The van der Waals surface area contributed by atoms with Crippen molar-refractivity contribution in [2.45, 2.75) is 64.4 Å². The van der Waals surface area contributed by atoms with Crippen LogP contribution in [0.2, 0.25) is 0 Å². The van der Waals surface area contributed by atoms with Crippen LogP contribution in [0.15, 0.2) is 24.5 Å². The van der Waals surface area contributed by atoms with Gasteiger partial charge in [0.15, 0.2) is 29.0 Å². The molecule has 0 spiro atoms. The van der Waals surface area contributed by atoms with E-state index in [1.807, 2.05) is 6.92 Å². The van der Waals surface area contributed by atoms with E-state index in [0.717, 1.165) is 25.0 Å². The van der Waals surface area contributed by atoms with Crippen molar-refractivity contribution in [2.24, 2.45) is 5.92 Å². The lowest BCUT2D eigenvalue weighted by atomic mass is 9.98. The molecule has 1 aliphatic carbocycles. The zero-order chi connectivity index (χ0) is 28.0. The van der Waals surface area contributed by atoms with Crippen molar-refractivity contribution < 1.29 is 37.4 Å². The van der Waals surface area contributed by atoms with Crippen LogP contribution in [0.4, 0.5) is 13.6 Å². The van der Waals surface area contributed by atoms with E-state index in [4.69, 9.17) is 14.2 Å². The molecule has 4 rings (SSSR count). The van der Waals surface area contributed by atoms with Crippen molar-refractivity contribution in [1.29, 1.82) is 0 Å². The molecule has 1 amide bonds. The summed E-state index contributed by atoms with van der Waals surface area (Å²) in [5.74, 6) is -2.87. The number of esters is 1. The van der Waals surface area contributed by atoms with Gasteiger partial charge >= 0.3 is 12.1 Å². The lowest BCUT2D eigenvalue weighted by Crippen LogP contribution is -2.41. The maximum atomic E-state index is 14.8. The maximum absolute atomic E-state index is 14.8. The van der Waals surface area contributed by atoms with Crippen LogP contribution in [0.3, 0.4) is 0 Å². The highest BCUT2D eigenvalue weighted by atomic mass is 19.1. The van der Waals surface area contributed by atoms with E-state index in [9.17, 15) is 23.2 Å². The summed E-state index contributed by atoms with van der Waals surface area (Å²) < 4.78 is 45.4. The van der Waals surface area contributed by atoms with Gasteiger partial charge in [-0.05, 0) is 69.6 Å². The average molecular weight is 546 g/mol. The number of nitrogens with zero attached hydrogens (tertiary/aromatic N) is 3. The Kier molecular flexibility index (Phi) is 9.08. The minimum atomic E-state index is -0.859. The molecule has 0 unspecified atom stereocenters. The standard InChI is InChI=1S/C28H33F2N3O6/c1-3-37-24(35)6-4-5-23(34)26-31-15-20(16-32-26)19-13-21(29)25(22(30)14-19)38-17-18-7-11-33(12-8-18)27(36)39-28(2)9-10-28/h13-16,18H,3-12,17H2,1-2H3. The minimum Gasteiger partial charge on any atom is -0.487 e. The van der Waals surface area contributed by atoms with Gasteiger partial charge in [0, 0.05) is 43.9 Å². The third-order valence-electron chi connectivity index (χ3n) is 6.95. The summed E-state index contributed by atoms with van der Waals surface area (Å²) in [5.41, 5.74) is 0.215. The van der Waals surface area contributed by atoms with E-state index < -0.39 is 17.4 Å². The molecule has 0 radical (unpaired) electrons. The number of ether oxygens (including phenoxy) is 3. The summed E-state index contributed by atoms with van der Waals surface area (Å²) in [6.07, 6.45) is 5.92. The van der Waals surface area contributed by atoms with Crippen LogP contribution in [-0.2, 0) is 14.3 Å². The summed E-state index contributed by atoms with van der Waals surface area (Å²) >= 11 is 0. The molecule has 11 heteroatoms. The van der Waals surface area contributed by atoms with Gasteiger partial charge in [-0.25, -0.2) is 23.5 Å². The van der Waals surface area contributed by atoms with Gasteiger partial charge in [0.05, 0.1) is 13.2 Å². The van der Waals surface area contributed by atoms with Crippen LogP contribution in [0, 0.1) is 17.6 Å². The van der Waals surface area contributed by atoms with E-state index in [1.165, 1.54) is 12.4 Å². The van der Waals surface area contributed by atoms with Crippen molar-refractivity contribution in [3.8, 4) is 16.9 Å². The summed E-state index contributed by atoms with van der Waals surface area (Å²) in [4.78, 5) is 45.6. The highest BCUT2D eigenvalue weighted by Crippen LogP contribution is 2.39. The second kappa shape index (κ2) is 12.5. The van der Waals surface area contributed by atoms with Crippen molar-refractivity contribution in [3.05, 3.63) is 42.0 Å². The number of aromatic nitrogens is 2. The van der Waals surface area contributed by atoms with Crippen molar-refractivity contribution >= 4 is 17.8 Å². The summed E-state index contributed by atoms with van der Waals surface area (Å²) in [6.45, 7) is 5.06. The van der Waals surface area contributed by atoms with Gasteiger partial charge in [-0.1, -0.05) is 0 Å². The highest BCUT2D eigenvalue weighted by Gasteiger charge is 2.43. The number of Topliss-reactive ketones (excluding diaryl/α,β-unsaturated/α-hetero) is 1. The van der Waals surface area contributed by atoms with E-state index in [0.29, 0.717) is 37.9 Å². The Morgan fingerprint density at radius 2 is 1.67 bits per heavy atom. The monoisotopic (exact) mass is 545 g/mol. The van der Waals surface area contributed by atoms with E-state index in [2.05, 4.69) is 9.97 Å². The number of carbonyl (C=O) groups is 3. The van der Waals surface area contributed by atoms with Gasteiger partial charge in [0.2, 0.25) is 0 Å². The number of ketones is 1. The summed E-state index contributed by atoms with van der Waals surface area (Å²) in [7, 11) is 0. The average Bonchev–Trinajstić information content (AvgIpc) is 3.64. The molecule has 39 heavy (non-hydrogen) atoms. The smallest absolute Gasteiger partial charge is 0.410 e. The molecule has 2 heterocycles. The largest absolute Gasteiger partial charge is 0.487 e. The first kappa shape index (κ1) is 28.4. The number of likely N-dealkylation sites (tertiary alicyclic amines) is 1. The van der Waals surface area contributed by atoms with Crippen LogP contribution in [0.25, 0.3) is 11.1 Å². The predicted octanol–water partition coefficient (Wildman–Crippen LogP) is 5.12. The molecule has 0 atom stereocenters. The molecule has 2 aromatic rings. The second-order valence-electron chi connectivity index (χ2n) is 10.2. The van der Waals surface area contributed by atoms with E-state index >= 15 is 0 Å². The van der Waals surface area contributed by atoms with Gasteiger partial charge < -0.3 is 19.1 Å².